The number of esters is 1. The molecule has 0 spiro atoms. The number of hydrogen-bond acceptors (Lipinski definition) is 4. The molecule has 1 rings (SSSR count). The Hall–Kier alpha value is -1.40. The highest BCUT2D eigenvalue weighted by Gasteiger charge is 2.15. The van der Waals surface area contributed by atoms with E-state index >= 15 is 0 Å². The third-order valence-electron chi connectivity index (χ3n) is 3.05. The summed E-state index contributed by atoms with van der Waals surface area (Å²) in [6.45, 7) is 15.6. The van der Waals surface area contributed by atoms with Crippen LogP contribution in [0.15, 0.2) is 18.5 Å². The molecule has 1 heterocycles. The van der Waals surface area contributed by atoms with Gasteiger partial charge in [0.1, 0.15) is 12.3 Å². The quantitative estimate of drug-likeness (QED) is 0.327. The first kappa shape index (κ1) is 19.6. The van der Waals surface area contributed by atoms with Gasteiger partial charge in [-0.1, -0.05) is 19.6 Å². The third-order valence-corrected chi connectivity index (χ3v) is 4.75. The number of ether oxygens (including phenoxy) is 2. The van der Waals surface area contributed by atoms with Gasteiger partial charge in [-0.15, -0.1) is 0 Å². The molecular formula is C17H30N2O3Si. The number of aromatic nitrogens is 2. The molecule has 6 heteroatoms. The Labute approximate surface area is 140 Å². The van der Waals surface area contributed by atoms with Gasteiger partial charge in [0.25, 0.3) is 0 Å². The number of allylic oxidation sites excluding steroid dienone is 1. The van der Waals surface area contributed by atoms with Crippen molar-refractivity contribution in [2.45, 2.75) is 65.7 Å². The maximum absolute atomic E-state index is 11.8. The largest absolute Gasteiger partial charge is 0.457 e. The summed E-state index contributed by atoms with van der Waals surface area (Å²) < 4.78 is 12.7. The van der Waals surface area contributed by atoms with Crippen molar-refractivity contribution in [3.05, 3.63) is 24.0 Å². The zero-order valence-corrected chi connectivity index (χ0v) is 16.5. The van der Waals surface area contributed by atoms with E-state index in [1.54, 1.807) is 10.9 Å². The number of rotatable bonds is 7. The predicted molar refractivity (Wildman–Crippen MR) is 95.8 cm³/mol. The van der Waals surface area contributed by atoms with Crippen LogP contribution in [0, 0.1) is 0 Å². The Morgan fingerprint density at radius 1 is 1.35 bits per heavy atom. The van der Waals surface area contributed by atoms with Crippen molar-refractivity contribution in [1.82, 2.24) is 9.78 Å². The topological polar surface area (TPSA) is 53.3 Å². The molecule has 1 aromatic rings. The van der Waals surface area contributed by atoms with Gasteiger partial charge in [-0.05, 0) is 39.3 Å². The van der Waals surface area contributed by atoms with Crippen LogP contribution < -0.4 is 0 Å². The number of hydrogen-bond donors (Lipinski definition) is 0. The number of carbonyl (C=O) groups excluding carboxylic acids is 1. The first-order valence-electron chi connectivity index (χ1n) is 7.98. The zero-order chi connectivity index (χ0) is 17.7. The van der Waals surface area contributed by atoms with Gasteiger partial charge in [-0.3, -0.25) is 0 Å². The SMILES string of the molecule is C/C(=C\C(=O)OC(C)(C)C)c1cnn(COCC[Si](C)(C)C)c1. The summed E-state index contributed by atoms with van der Waals surface area (Å²) in [5.41, 5.74) is 1.24. The van der Waals surface area contributed by atoms with E-state index in [1.165, 1.54) is 6.08 Å². The summed E-state index contributed by atoms with van der Waals surface area (Å²) in [6, 6.07) is 1.14. The molecule has 0 aromatic carbocycles. The first-order chi connectivity index (χ1) is 10.5. The summed E-state index contributed by atoms with van der Waals surface area (Å²) in [5, 5.41) is 4.26. The van der Waals surface area contributed by atoms with Crippen LogP contribution in [0.2, 0.25) is 25.7 Å². The van der Waals surface area contributed by atoms with Gasteiger partial charge in [-0.25, -0.2) is 9.48 Å². The van der Waals surface area contributed by atoms with Crippen molar-refractivity contribution in [2.24, 2.45) is 0 Å². The first-order valence-corrected chi connectivity index (χ1v) is 11.7. The van der Waals surface area contributed by atoms with E-state index in [1.807, 2.05) is 33.9 Å². The fraction of sp³-hybridized carbons (Fsp3) is 0.647. The highest BCUT2D eigenvalue weighted by Crippen LogP contribution is 2.15. The maximum Gasteiger partial charge on any atom is 0.331 e. The fourth-order valence-electron chi connectivity index (χ4n) is 1.77. The van der Waals surface area contributed by atoms with Gasteiger partial charge in [0.15, 0.2) is 0 Å². The van der Waals surface area contributed by atoms with Crippen LogP contribution in [-0.4, -0.2) is 36.0 Å². The summed E-state index contributed by atoms with van der Waals surface area (Å²) >= 11 is 0. The fourth-order valence-corrected chi connectivity index (χ4v) is 2.52. The Morgan fingerprint density at radius 2 is 2.00 bits per heavy atom. The summed E-state index contributed by atoms with van der Waals surface area (Å²) in [6.07, 6.45) is 5.11. The average Bonchev–Trinajstić information content (AvgIpc) is 2.79. The lowest BCUT2D eigenvalue weighted by atomic mass is 10.1. The minimum absolute atomic E-state index is 0.339. The van der Waals surface area contributed by atoms with E-state index < -0.39 is 13.7 Å². The van der Waals surface area contributed by atoms with E-state index in [-0.39, 0.29) is 5.97 Å². The number of nitrogens with zero attached hydrogens (tertiary/aromatic N) is 2. The van der Waals surface area contributed by atoms with Gasteiger partial charge in [0, 0.05) is 32.5 Å². The minimum atomic E-state index is -1.06. The van der Waals surface area contributed by atoms with Crippen LogP contribution >= 0.6 is 0 Å². The third kappa shape index (κ3) is 8.71. The van der Waals surface area contributed by atoms with Gasteiger partial charge in [0.2, 0.25) is 0 Å². The van der Waals surface area contributed by atoms with Crippen LogP contribution in [-0.2, 0) is 21.0 Å². The van der Waals surface area contributed by atoms with Crippen LogP contribution in [0.5, 0.6) is 0 Å². The van der Waals surface area contributed by atoms with Crippen molar-refractivity contribution in [2.75, 3.05) is 6.61 Å². The second-order valence-corrected chi connectivity index (χ2v) is 13.6. The molecule has 0 unspecified atom stereocenters. The molecule has 130 valence electrons. The lowest BCUT2D eigenvalue weighted by Crippen LogP contribution is -2.22. The van der Waals surface area contributed by atoms with Gasteiger partial charge in [0.05, 0.1) is 6.20 Å². The standard InChI is InChI=1S/C17H30N2O3Si/c1-14(10-16(20)22-17(2,3)4)15-11-18-19(12-15)13-21-8-9-23(5,6)7/h10-12H,8-9,13H2,1-7H3/b14-10+. The second kappa shape index (κ2) is 7.92. The average molecular weight is 339 g/mol. The predicted octanol–water partition coefficient (Wildman–Crippen LogP) is 3.94. The molecule has 0 aliphatic carbocycles. The molecule has 0 amide bonds. The highest BCUT2D eigenvalue weighted by atomic mass is 28.3. The molecule has 0 radical (unpaired) electrons. The van der Waals surface area contributed by atoms with Crippen molar-refractivity contribution in [3.63, 3.8) is 0 Å². The molecule has 23 heavy (non-hydrogen) atoms. The highest BCUT2D eigenvalue weighted by molar-refractivity contribution is 6.76. The Balaban J connectivity index is 2.53. The molecule has 5 nitrogen and oxygen atoms in total. The second-order valence-electron chi connectivity index (χ2n) is 7.98. The summed E-state index contributed by atoms with van der Waals surface area (Å²) in [7, 11) is -1.06. The van der Waals surface area contributed by atoms with E-state index in [9.17, 15) is 4.79 Å². The molecule has 0 saturated carbocycles. The maximum atomic E-state index is 11.8. The molecule has 0 aliphatic rings. The van der Waals surface area contributed by atoms with E-state index in [0.717, 1.165) is 23.8 Å². The lowest BCUT2D eigenvalue weighted by molar-refractivity contribution is -0.148. The molecule has 0 bridgehead atoms. The van der Waals surface area contributed by atoms with E-state index in [2.05, 4.69) is 24.7 Å². The Kier molecular flexibility index (Phi) is 6.77. The van der Waals surface area contributed by atoms with Crippen LogP contribution in [0.1, 0.15) is 33.3 Å². The smallest absolute Gasteiger partial charge is 0.331 e. The molecule has 0 N–H and O–H groups in total. The molecule has 0 saturated heterocycles. The molecule has 0 atom stereocenters. The van der Waals surface area contributed by atoms with E-state index in [4.69, 9.17) is 9.47 Å². The summed E-state index contributed by atoms with van der Waals surface area (Å²) in [4.78, 5) is 11.8. The van der Waals surface area contributed by atoms with Crippen LogP contribution in [0.4, 0.5) is 0 Å². The van der Waals surface area contributed by atoms with Gasteiger partial charge < -0.3 is 9.47 Å². The molecule has 0 fully saturated rings. The molecule has 1 aromatic heterocycles. The van der Waals surface area contributed by atoms with Crippen LogP contribution in [0.25, 0.3) is 5.57 Å². The number of carbonyl (C=O) groups is 1. The molecular weight excluding hydrogens is 308 g/mol. The molecule has 0 aliphatic heterocycles. The summed E-state index contributed by atoms with van der Waals surface area (Å²) in [5.74, 6) is -0.339. The van der Waals surface area contributed by atoms with Crippen molar-refractivity contribution < 1.29 is 14.3 Å². The van der Waals surface area contributed by atoms with Crippen molar-refractivity contribution in [1.29, 1.82) is 0 Å². The minimum Gasteiger partial charge on any atom is -0.457 e. The van der Waals surface area contributed by atoms with Crippen molar-refractivity contribution >= 4 is 19.6 Å². The van der Waals surface area contributed by atoms with Crippen LogP contribution in [0.3, 0.4) is 0 Å². The van der Waals surface area contributed by atoms with E-state index in [0.29, 0.717) is 6.73 Å². The van der Waals surface area contributed by atoms with Gasteiger partial charge in [-0.2, -0.15) is 5.10 Å². The van der Waals surface area contributed by atoms with Gasteiger partial charge >= 0.3 is 5.97 Å². The lowest BCUT2D eigenvalue weighted by Gasteiger charge is -2.18. The Bertz CT molecular complexity index is 551. The normalized spacial score (nSPS) is 13.3. The zero-order valence-electron chi connectivity index (χ0n) is 15.5. The Morgan fingerprint density at radius 3 is 2.57 bits per heavy atom. The van der Waals surface area contributed by atoms with Crippen molar-refractivity contribution in [3.8, 4) is 0 Å². The monoisotopic (exact) mass is 338 g/mol.